The summed E-state index contributed by atoms with van der Waals surface area (Å²) in [6, 6.07) is 20.6. The molecule has 254 valence electrons. The van der Waals surface area contributed by atoms with Gasteiger partial charge >= 0.3 is 0 Å². The Morgan fingerprint density at radius 3 is 1.56 bits per heavy atom. The van der Waals surface area contributed by atoms with E-state index in [1.807, 2.05) is 97.6 Å². The van der Waals surface area contributed by atoms with Gasteiger partial charge in [0.25, 0.3) is 0 Å². The van der Waals surface area contributed by atoms with E-state index in [0.717, 1.165) is 44.6 Å². The SMILES string of the molecule is Cc1ccc(N(c2nccc(N(C)c3ccc4c(C)n(C)nc4c3)n2)c2nccc(N(C)c3ccc4c(C)n(C)nc4c3)n2)cc1S(N)(=O)=O. The molecule has 15 heteroatoms. The molecule has 0 aliphatic rings. The van der Waals surface area contributed by atoms with Crippen molar-refractivity contribution in [2.24, 2.45) is 19.2 Å². The van der Waals surface area contributed by atoms with E-state index in [1.54, 1.807) is 48.5 Å². The summed E-state index contributed by atoms with van der Waals surface area (Å²) in [5.41, 5.74) is 6.55. The number of benzene rings is 3. The molecule has 0 aliphatic carbocycles. The van der Waals surface area contributed by atoms with E-state index >= 15 is 0 Å². The van der Waals surface area contributed by atoms with Crippen LogP contribution in [0.2, 0.25) is 0 Å². The molecule has 0 unspecified atom stereocenters. The number of anilines is 7. The number of hydrogen-bond donors (Lipinski definition) is 1. The quantitative estimate of drug-likeness (QED) is 0.211. The van der Waals surface area contributed by atoms with Gasteiger partial charge in [0.05, 0.1) is 21.6 Å². The molecule has 0 radical (unpaired) electrons. The molecule has 0 atom stereocenters. The predicted octanol–water partition coefficient (Wildman–Crippen LogP) is 5.62. The lowest BCUT2D eigenvalue weighted by molar-refractivity contribution is 0.597. The lowest BCUT2D eigenvalue weighted by Gasteiger charge is -2.25. The van der Waals surface area contributed by atoms with Crippen LogP contribution in [0.4, 0.5) is 40.6 Å². The van der Waals surface area contributed by atoms with Crippen molar-refractivity contribution in [3.63, 3.8) is 0 Å². The smallest absolute Gasteiger partial charge is 0.239 e. The molecule has 0 bridgehead atoms. The van der Waals surface area contributed by atoms with Crippen LogP contribution in [0.5, 0.6) is 0 Å². The summed E-state index contributed by atoms with van der Waals surface area (Å²) >= 11 is 0. The van der Waals surface area contributed by atoms with Gasteiger partial charge in [0.15, 0.2) is 0 Å². The van der Waals surface area contributed by atoms with Gasteiger partial charge in [-0.3, -0.25) is 9.36 Å². The molecule has 0 amide bonds. The van der Waals surface area contributed by atoms with E-state index in [4.69, 9.17) is 15.1 Å². The molecule has 2 N–H and O–H groups in total. The van der Waals surface area contributed by atoms with E-state index < -0.39 is 10.0 Å². The summed E-state index contributed by atoms with van der Waals surface area (Å²) in [5.74, 6) is 1.60. The summed E-state index contributed by atoms with van der Waals surface area (Å²) in [6.07, 6.45) is 3.28. The fraction of sp³-hybridized carbons (Fsp3) is 0.200. The van der Waals surface area contributed by atoms with Gasteiger partial charge in [0.2, 0.25) is 21.9 Å². The van der Waals surface area contributed by atoms with Gasteiger partial charge in [-0.1, -0.05) is 6.07 Å². The van der Waals surface area contributed by atoms with Crippen molar-refractivity contribution in [2.45, 2.75) is 25.7 Å². The number of aryl methyl sites for hydroxylation is 5. The molecular weight excluding hydrogens is 653 g/mol. The minimum absolute atomic E-state index is 0.0283. The first-order valence-electron chi connectivity index (χ1n) is 15.7. The van der Waals surface area contributed by atoms with Gasteiger partial charge in [0.1, 0.15) is 11.6 Å². The predicted molar refractivity (Wildman–Crippen MR) is 195 cm³/mol. The first-order valence-corrected chi connectivity index (χ1v) is 17.3. The van der Waals surface area contributed by atoms with Crippen molar-refractivity contribution in [2.75, 3.05) is 28.8 Å². The Balaban J connectivity index is 1.33. The molecule has 50 heavy (non-hydrogen) atoms. The third-order valence-corrected chi connectivity index (χ3v) is 10.1. The second-order valence-electron chi connectivity index (χ2n) is 12.2. The van der Waals surface area contributed by atoms with Gasteiger partial charge in [0, 0.05) is 74.1 Å². The summed E-state index contributed by atoms with van der Waals surface area (Å²) in [5, 5.41) is 17.0. The third-order valence-electron chi connectivity index (χ3n) is 9.08. The van der Waals surface area contributed by atoms with Crippen molar-refractivity contribution >= 4 is 72.4 Å². The van der Waals surface area contributed by atoms with Gasteiger partial charge in [-0.15, -0.1) is 0 Å². The Labute approximate surface area is 289 Å². The number of primary sulfonamides is 1. The second-order valence-corrected chi connectivity index (χ2v) is 13.7. The Hall–Kier alpha value is -5.93. The van der Waals surface area contributed by atoms with E-state index in [9.17, 15) is 8.42 Å². The zero-order chi connectivity index (χ0) is 35.5. The monoisotopic (exact) mass is 688 g/mol. The number of nitrogens with zero attached hydrogens (tertiary/aromatic N) is 11. The minimum atomic E-state index is -4.05. The largest absolute Gasteiger partial charge is 0.329 e. The Bertz CT molecular complexity index is 2410. The maximum absolute atomic E-state index is 12.6. The fourth-order valence-electron chi connectivity index (χ4n) is 5.94. The molecule has 3 aromatic carbocycles. The van der Waals surface area contributed by atoms with Crippen LogP contribution < -0.4 is 19.8 Å². The summed E-state index contributed by atoms with van der Waals surface area (Å²) in [7, 11) is 3.61. The van der Waals surface area contributed by atoms with Crippen molar-refractivity contribution in [3.8, 4) is 0 Å². The molecule has 0 spiro atoms. The fourth-order valence-corrected chi connectivity index (χ4v) is 6.75. The average Bonchev–Trinajstić information content (AvgIpc) is 3.55. The molecule has 4 aromatic heterocycles. The van der Waals surface area contributed by atoms with E-state index in [0.29, 0.717) is 22.9 Å². The maximum Gasteiger partial charge on any atom is 0.239 e. The minimum Gasteiger partial charge on any atom is -0.329 e. The molecule has 0 fully saturated rings. The first-order chi connectivity index (χ1) is 23.8. The average molecular weight is 689 g/mol. The van der Waals surface area contributed by atoms with Crippen LogP contribution in [0.25, 0.3) is 21.8 Å². The van der Waals surface area contributed by atoms with Crippen LogP contribution in [0, 0.1) is 20.8 Å². The number of rotatable bonds is 8. The summed E-state index contributed by atoms with van der Waals surface area (Å²) < 4.78 is 28.9. The third kappa shape index (κ3) is 5.75. The van der Waals surface area contributed by atoms with Crippen LogP contribution in [-0.4, -0.2) is 62.0 Å². The molecule has 7 rings (SSSR count). The zero-order valence-corrected chi connectivity index (χ0v) is 29.5. The number of hydrogen-bond acceptors (Lipinski definition) is 11. The maximum atomic E-state index is 12.6. The van der Waals surface area contributed by atoms with Crippen molar-refractivity contribution < 1.29 is 8.42 Å². The van der Waals surface area contributed by atoms with Crippen LogP contribution in [0.3, 0.4) is 0 Å². The van der Waals surface area contributed by atoms with Crippen LogP contribution in [-0.2, 0) is 24.1 Å². The van der Waals surface area contributed by atoms with Gasteiger partial charge in [-0.25, -0.2) is 28.4 Å². The Morgan fingerprint density at radius 2 is 1.10 bits per heavy atom. The molecular formula is C35H36N12O2S. The van der Waals surface area contributed by atoms with Crippen LogP contribution in [0.1, 0.15) is 17.0 Å². The lowest BCUT2D eigenvalue weighted by Crippen LogP contribution is -2.21. The summed E-state index contributed by atoms with van der Waals surface area (Å²) in [6.45, 7) is 5.75. The van der Waals surface area contributed by atoms with Crippen molar-refractivity contribution in [1.82, 2.24) is 39.5 Å². The first kappa shape index (κ1) is 32.6. The van der Waals surface area contributed by atoms with Gasteiger partial charge < -0.3 is 9.80 Å². The molecule has 0 aliphatic heterocycles. The lowest BCUT2D eigenvalue weighted by atomic mass is 10.2. The Kier molecular flexibility index (Phi) is 7.95. The normalized spacial score (nSPS) is 11.8. The van der Waals surface area contributed by atoms with Gasteiger partial charge in [-0.2, -0.15) is 20.2 Å². The zero-order valence-electron chi connectivity index (χ0n) is 28.7. The topological polar surface area (TPSA) is 157 Å². The molecule has 0 saturated heterocycles. The highest BCUT2D eigenvalue weighted by Crippen LogP contribution is 2.35. The van der Waals surface area contributed by atoms with Crippen molar-refractivity contribution in [1.29, 1.82) is 0 Å². The highest BCUT2D eigenvalue weighted by molar-refractivity contribution is 7.89. The Morgan fingerprint density at radius 1 is 0.640 bits per heavy atom. The highest BCUT2D eigenvalue weighted by atomic mass is 32.2. The molecule has 7 aromatic rings. The second kappa shape index (κ2) is 12.2. The number of nitrogens with two attached hydrogens (primary N) is 1. The van der Waals surface area contributed by atoms with Crippen LogP contribution >= 0.6 is 0 Å². The standard InChI is InChI=1S/C35H36N12O2S/c1-21-8-9-26(20-31(21)50(36,48)49)47(34-37-16-14-32(39-34)43(4)24-10-12-27-22(2)45(6)41-29(27)18-24)35-38-17-15-33(40-35)44(5)25-11-13-28-23(3)46(7)42-30(28)19-25/h8-20H,1-7H3,(H2,36,48,49). The molecule has 14 nitrogen and oxygen atoms in total. The van der Waals surface area contributed by atoms with Gasteiger partial charge in [-0.05, 0) is 87.0 Å². The number of sulfonamides is 1. The van der Waals surface area contributed by atoms with E-state index in [1.165, 1.54) is 6.07 Å². The highest BCUT2D eigenvalue weighted by Gasteiger charge is 2.24. The number of aromatic nitrogens is 8. The molecule has 0 saturated carbocycles. The van der Waals surface area contributed by atoms with Crippen LogP contribution in [0.15, 0.2) is 84.0 Å². The van der Waals surface area contributed by atoms with Crippen molar-refractivity contribution in [3.05, 3.63) is 96.1 Å². The number of fused-ring (bicyclic) bond motifs is 2. The molecule has 4 heterocycles. The summed E-state index contributed by atoms with van der Waals surface area (Å²) in [4.78, 5) is 24.5. The van der Waals surface area contributed by atoms with E-state index in [2.05, 4.69) is 20.2 Å². The van der Waals surface area contributed by atoms with E-state index in [-0.39, 0.29) is 16.8 Å².